The Morgan fingerprint density at radius 3 is 2.60 bits per heavy atom. The number of pyridine rings is 1. The number of hydrogen-bond acceptors (Lipinski definition) is 6. The number of unbranched alkanes of at least 4 members (excludes halogenated alkanes) is 1. The Bertz CT molecular complexity index is 1210. The molecule has 35 heavy (non-hydrogen) atoms. The molecular weight excluding hydrogens is 436 g/mol. The lowest BCUT2D eigenvalue weighted by molar-refractivity contribution is 0.372. The summed E-state index contributed by atoms with van der Waals surface area (Å²) in [6.07, 6.45) is 12.7. The zero-order valence-electron chi connectivity index (χ0n) is 21.0. The van der Waals surface area contributed by atoms with Crippen molar-refractivity contribution >= 4 is 27.8 Å². The quantitative estimate of drug-likeness (QED) is 0.266. The maximum absolute atomic E-state index is 13.2. The summed E-state index contributed by atoms with van der Waals surface area (Å²) in [5.74, 6) is 0.938. The summed E-state index contributed by atoms with van der Waals surface area (Å²) in [5, 5.41) is 9.75. The smallest absolute Gasteiger partial charge is 0.257 e. The molecule has 2 aliphatic rings. The molecule has 3 aromatic rings. The van der Waals surface area contributed by atoms with Crippen LogP contribution >= 0.6 is 0 Å². The predicted octanol–water partition coefficient (Wildman–Crippen LogP) is 5.09. The minimum absolute atomic E-state index is 0.0816. The molecule has 7 heteroatoms. The topological polar surface area (TPSA) is 109 Å². The maximum atomic E-state index is 13.2. The van der Waals surface area contributed by atoms with Gasteiger partial charge in [-0.3, -0.25) is 4.79 Å². The molecule has 0 unspecified atom stereocenters. The monoisotopic (exact) mass is 476 g/mol. The molecule has 0 spiro atoms. The first kappa shape index (κ1) is 24.2. The average molecular weight is 477 g/mol. The minimum atomic E-state index is -0.0816. The van der Waals surface area contributed by atoms with Crippen LogP contribution in [-0.2, 0) is 6.54 Å². The van der Waals surface area contributed by atoms with E-state index in [-0.39, 0.29) is 11.6 Å². The van der Waals surface area contributed by atoms with Gasteiger partial charge in [0.1, 0.15) is 5.65 Å². The first-order valence-electron chi connectivity index (χ1n) is 13.7. The van der Waals surface area contributed by atoms with Gasteiger partial charge in [-0.05, 0) is 62.0 Å². The number of benzene rings is 1. The zero-order chi connectivity index (χ0) is 24.2. The number of fused-ring (bicyclic) bond motifs is 3. The van der Waals surface area contributed by atoms with Crippen LogP contribution in [0.2, 0.25) is 0 Å². The van der Waals surface area contributed by atoms with Gasteiger partial charge in [-0.1, -0.05) is 44.7 Å². The molecule has 0 aliphatic heterocycles. The second-order valence-electron chi connectivity index (χ2n) is 10.6. The van der Waals surface area contributed by atoms with E-state index in [1.54, 1.807) is 0 Å². The molecule has 2 heterocycles. The Morgan fingerprint density at radius 1 is 1.03 bits per heavy atom. The number of H-pyrrole nitrogens is 1. The van der Waals surface area contributed by atoms with Gasteiger partial charge >= 0.3 is 0 Å². The van der Waals surface area contributed by atoms with Crippen molar-refractivity contribution in [1.29, 1.82) is 0 Å². The molecule has 5 N–H and O–H groups in total. The van der Waals surface area contributed by atoms with E-state index in [2.05, 4.69) is 40.7 Å². The number of nitrogens with two attached hydrogens (primary N) is 1. The summed E-state index contributed by atoms with van der Waals surface area (Å²) >= 11 is 0. The molecule has 2 aliphatic carbocycles. The normalized spacial score (nSPS) is 21.5. The Morgan fingerprint density at radius 2 is 1.83 bits per heavy atom. The lowest BCUT2D eigenvalue weighted by Gasteiger charge is -2.27. The first-order chi connectivity index (χ1) is 17.1. The lowest BCUT2D eigenvalue weighted by atomic mass is 9.83. The van der Waals surface area contributed by atoms with Crippen LogP contribution in [0.15, 0.2) is 23.0 Å². The fourth-order valence-corrected chi connectivity index (χ4v) is 5.83. The number of nitrogens with one attached hydrogen (secondary N) is 3. The van der Waals surface area contributed by atoms with Gasteiger partial charge < -0.3 is 21.4 Å². The van der Waals surface area contributed by atoms with Crippen LogP contribution < -0.4 is 21.9 Å². The van der Waals surface area contributed by atoms with E-state index in [0.717, 1.165) is 79.0 Å². The average Bonchev–Trinajstić information content (AvgIpc) is 2.88. The Hall–Kier alpha value is -2.51. The molecule has 2 fully saturated rings. The summed E-state index contributed by atoms with van der Waals surface area (Å²) in [7, 11) is 0. The van der Waals surface area contributed by atoms with Gasteiger partial charge in [0.05, 0.1) is 5.69 Å². The highest BCUT2D eigenvalue weighted by Gasteiger charge is 2.25. The highest BCUT2D eigenvalue weighted by Crippen LogP contribution is 2.37. The number of hydrogen-bond donors (Lipinski definition) is 4. The summed E-state index contributed by atoms with van der Waals surface area (Å²) in [4.78, 5) is 26.0. The second kappa shape index (κ2) is 11.0. The fourth-order valence-electron chi connectivity index (χ4n) is 5.83. The first-order valence-corrected chi connectivity index (χ1v) is 13.7. The minimum Gasteiger partial charge on any atom is -0.354 e. The van der Waals surface area contributed by atoms with Crippen LogP contribution in [0.5, 0.6) is 0 Å². The third-order valence-corrected chi connectivity index (χ3v) is 7.94. The number of nitrogens with zero attached hydrogens (tertiary/aromatic N) is 2. The van der Waals surface area contributed by atoms with E-state index in [1.165, 1.54) is 32.1 Å². The number of aromatic nitrogens is 3. The van der Waals surface area contributed by atoms with Crippen LogP contribution in [0, 0.1) is 0 Å². The van der Waals surface area contributed by atoms with Crippen LogP contribution in [0.4, 0.5) is 5.95 Å². The molecule has 0 bridgehead atoms. The molecule has 0 saturated heterocycles. The Labute approximate surface area is 207 Å². The van der Waals surface area contributed by atoms with Crippen molar-refractivity contribution in [3.63, 3.8) is 0 Å². The van der Waals surface area contributed by atoms with Crippen molar-refractivity contribution in [2.75, 3.05) is 11.9 Å². The van der Waals surface area contributed by atoms with Crippen LogP contribution in [0.25, 0.3) is 21.8 Å². The SMILES string of the molecule is CCCCNc1nc(C2CCC(N)CC2)c2c(n1)[nH]c(=O)c1cc(CNC3CCCCC3)ccc12. The van der Waals surface area contributed by atoms with Gasteiger partial charge in [0, 0.05) is 41.9 Å². The summed E-state index contributed by atoms with van der Waals surface area (Å²) in [6.45, 7) is 3.79. The van der Waals surface area contributed by atoms with E-state index >= 15 is 0 Å². The lowest BCUT2D eigenvalue weighted by Crippen LogP contribution is -2.30. The number of anilines is 1. The predicted molar refractivity (Wildman–Crippen MR) is 144 cm³/mol. The molecule has 2 saturated carbocycles. The summed E-state index contributed by atoms with van der Waals surface area (Å²) in [6, 6.07) is 7.18. The standard InChI is InChI=1S/C28H40N6O/c1-2-3-15-30-28-32-25(19-10-12-20(29)13-11-19)24-22-14-9-18(17-31-21-7-5-4-6-8-21)16-23(22)27(35)33-26(24)34-28/h9,14,16,19-21,31H,2-8,10-13,15,17,29H2,1H3,(H2,30,32,33,34,35). The molecule has 0 amide bonds. The molecule has 7 nitrogen and oxygen atoms in total. The van der Waals surface area contributed by atoms with E-state index in [0.29, 0.717) is 23.6 Å². The van der Waals surface area contributed by atoms with Gasteiger partial charge in [0.25, 0.3) is 5.56 Å². The summed E-state index contributed by atoms with van der Waals surface area (Å²) < 4.78 is 0. The van der Waals surface area contributed by atoms with Gasteiger partial charge in [-0.15, -0.1) is 0 Å². The van der Waals surface area contributed by atoms with Crippen LogP contribution in [-0.4, -0.2) is 33.6 Å². The van der Waals surface area contributed by atoms with E-state index in [9.17, 15) is 4.79 Å². The van der Waals surface area contributed by atoms with Crippen molar-refractivity contribution in [2.45, 2.75) is 102 Å². The van der Waals surface area contributed by atoms with Crippen LogP contribution in [0.3, 0.4) is 0 Å². The van der Waals surface area contributed by atoms with E-state index < -0.39 is 0 Å². The van der Waals surface area contributed by atoms with Gasteiger partial charge in [-0.25, -0.2) is 4.98 Å². The zero-order valence-corrected chi connectivity index (χ0v) is 21.0. The van der Waals surface area contributed by atoms with Crippen molar-refractivity contribution < 1.29 is 0 Å². The fraction of sp³-hybridized carbons (Fsp3) is 0.607. The van der Waals surface area contributed by atoms with Gasteiger partial charge in [0.2, 0.25) is 5.95 Å². The third kappa shape index (κ3) is 5.51. The Balaban J connectivity index is 1.53. The Kier molecular flexibility index (Phi) is 7.63. The van der Waals surface area contributed by atoms with Gasteiger partial charge in [-0.2, -0.15) is 4.98 Å². The van der Waals surface area contributed by atoms with Crippen molar-refractivity contribution in [1.82, 2.24) is 20.3 Å². The van der Waals surface area contributed by atoms with Crippen molar-refractivity contribution in [3.05, 3.63) is 39.8 Å². The van der Waals surface area contributed by atoms with Crippen molar-refractivity contribution in [2.24, 2.45) is 5.73 Å². The molecular formula is C28H40N6O. The molecule has 0 radical (unpaired) electrons. The van der Waals surface area contributed by atoms with Gasteiger partial charge in [0.15, 0.2) is 0 Å². The molecule has 2 aromatic heterocycles. The molecule has 5 rings (SSSR count). The second-order valence-corrected chi connectivity index (χ2v) is 10.6. The largest absolute Gasteiger partial charge is 0.354 e. The summed E-state index contributed by atoms with van der Waals surface area (Å²) in [5.41, 5.74) is 8.96. The molecule has 1 aromatic carbocycles. The molecule has 0 atom stereocenters. The van der Waals surface area contributed by atoms with Crippen molar-refractivity contribution in [3.8, 4) is 0 Å². The third-order valence-electron chi connectivity index (χ3n) is 7.94. The highest BCUT2D eigenvalue weighted by molar-refractivity contribution is 6.06. The van der Waals surface area contributed by atoms with E-state index in [1.807, 2.05) is 0 Å². The van der Waals surface area contributed by atoms with E-state index in [4.69, 9.17) is 15.7 Å². The maximum Gasteiger partial charge on any atom is 0.257 e. The number of aromatic amines is 1. The molecule has 188 valence electrons. The van der Waals surface area contributed by atoms with Crippen LogP contribution in [0.1, 0.15) is 94.7 Å². The number of rotatable bonds is 8. The highest BCUT2D eigenvalue weighted by atomic mass is 16.1.